The number of ether oxygens (including phenoxy) is 1. The monoisotopic (exact) mass is 301 g/mol. The molecule has 0 unspecified atom stereocenters. The number of hydrazine groups is 1. The molecule has 5 N–H and O–H groups in total. The van der Waals surface area contributed by atoms with Crippen LogP contribution in [0.15, 0.2) is 12.1 Å². The first-order valence-corrected chi connectivity index (χ1v) is 6.13. The maximum absolute atomic E-state index is 11.8. The van der Waals surface area contributed by atoms with Gasteiger partial charge in [-0.05, 0) is 12.1 Å². The third-order valence-electron chi connectivity index (χ3n) is 2.25. The molecule has 0 spiro atoms. The molecule has 0 aliphatic heterocycles. The Labute approximate surface area is 121 Å². The van der Waals surface area contributed by atoms with E-state index >= 15 is 0 Å². The van der Waals surface area contributed by atoms with Gasteiger partial charge in [0.1, 0.15) is 11.5 Å². The molecule has 20 heavy (non-hydrogen) atoms. The van der Waals surface area contributed by atoms with Crippen molar-refractivity contribution >= 4 is 29.2 Å². The van der Waals surface area contributed by atoms with Crippen LogP contribution in [0.4, 0.5) is 5.82 Å². The molecule has 1 aromatic heterocycles. The zero-order valence-electron chi connectivity index (χ0n) is 10.9. The number of amides is 2. The first-order valence-electron chi connectivity index (χ1n) is 5.75. The Bertz CT molecular complexity index is 483. The summed E-state index contributed by atoms with van der Waals surface area (Å²) < 4.78 is 4.78. The third kappa shape index (κ3) is 5.00. The molecule has 1 rings (SSSR count). The van der Waals surface area contributed by atoms with Gasteiger partial charge in [0.25, 0.3) is 5.91 Å². The Hall–Kier alpha value is -1.90. The van der Waals surface area contributed by atoms with Gasteiger partial charge < -0.3 is 20.8 Å². The van der Waals surface area contributed by atoms with Crippen LogP contribution in [0.25, 0.3) is 0 Å². The molecule has 0 fully saturated rings. The summed E-state index contributed by atoms with van der Waals surface area (Å²) in [6.45, 7) is 0.592. The zero-order chi connectivity index (χ0) is 15.0. The molecule has 1 aromatic rings. The second-order valence-corrected chi connectivity index (χ2v) is 4.10. The highest BCUT2D eigenvalue weighted by molar-refractivity contribution is 6.33. The summed E-state index contributed by atoms with van der Waals surface area (Å²) in [6, 6.07) is 3.01. The number of hydrogen-bond acceptors (Lipinski definition) is 6. The summed E-state index contributed by atoms with van der Waals surface area (Å²) in [7, 11) is 1.53. The molecule has 8 nitrogen and oxygen atoms in total. The minimum absolute atomic E-state index is 0.00759. The topological polar surface area (TPSA) is 118 Å². The van der Waals surface area contributed by atoms with E-state index in [2.05, 4.69) is 21.0 Å². The molecule has 9 heteroatoms. The number of halogens is 1. The van der Waals surface area contributed by atoms with Gasteiger partial charge in [-0.25, -0.2) is 10.8 Å². The Morgan fingerprint density at radius 3 is 2.80 bits per heavy atom. The number of anilines is 1. The molecule has 0 bridgehead atoms. The van der Waals surface area contributed by atoms with Gasteiger partial charge in [-0.3, -0.25) is 9.59 Å². The number of hydrogen-bond donors (Lipinski definition) is 4. The van der Waals surface area contributed by atoms with E-state index in [4.69, 9.17) is 22.2 Å². The molecule has 110 valence electrons. The summed E-state index contributed by atoms with van der Waals surface area (Å²) in [5.74, 6) is 4.60. The molecule has 0 saturated heterocycles. The lowest BCUT2D eigenvalue weighted by Crippen LogP contribution is -2.38. The normalized spacial score (nSPS) is 9.95. The summed E-state index contributed by atoms with van der Waals surface area (Å²) in [5, 5.41) is 5.14. The molecular formula is C11H16ClN5O3. The maximum atomic E-state index is 11.8. The van der Waals surface area contributed by atoms with Crippen LogP contribution in [0.5, 0.6) is 0 Å². The molecular weight excluding hydrogens is 286 g/mol. The lowest BCUT2D eigenvalue weighted by molar-refractivity contribution is -0.120. The molecule has 0 atom stereocenters. The Balaban J connectivity index is 2.52. The summed E-state index contributed by atoms with van der Waals surface area (Å²) >= 11 is 5.86. The minimum Gasteiger partial charge on any atom is -0.383 e. The van der Waals surface area contributed by atoms with Gasteiger partial charge in [-0.2, -0.15) is 0 Å². The Morgan fingerprint density at radius 2 is 2.15 bits per heavy atom. The van der Waals surface area contributed by atoms with Crippen LogP contribution >= 0.6 is 11.6 Å². The SMILES string of the molecule is COCCNC(=O)CNC(=O)c1nc(NN)ccc1Cl. The number of rotatable bonds is 7. The number of nitrogens with two attached hydrogens (primary N) is 1. The average Bonchev–Trinajstić information content (AvgIpc) is 2.45. The van der Waals surface area contributed by atoms with Crippen LogP contribution in [-0.2, 0) is 9.53 Å². The highest BCUT2D eigenvalue weighted by atomic mass is 35.5. The fourth-order valence-electron chi connectivity index (χ4n) is 1.28. The van der Waals surface area contributed by atoms with Gasteiger partial charge in [-0.15, -0.1) is 0 Å². The van der Waals surface area contributed by atoms with Crippen molar-refractivity contribution in [3.8, 4) is 0 Å². The summed E-state index contributed by atoms with van der Waals surface area (Å²) in [6.07, 6.45) is 0. The zero-order valence-corrected chi connectivity index (χ0v) is 11.7. The largest absolute Gasteiger partial charge is 0.383 e. The van der Waals surface area contributed by atoms with Crippen LogP contribution in [-0.4, -0.2) is 43.6 Å². The van der Waals surface area contributed by atoms with Gasteiger partial charge in [0.2, 0.25) is 5.91 Å². The van der Waals surface area contributed by atoms with Gasteiger partial charge in [-0.1, -0.05) is 11.6 Å². The molecule has 2 amide bonds. The fourth-order valence-corrected chi connectivity index (χ4v) is 1.47. The highest BCUT2D eigenvalue weighted by Gasteiger charge is 2.14. The minimum atomic E-state index is -0.561. The number of carbonyl (C=O) groups is 2. The second-order valence-electron chi connectivity index (χ2n) is 3.70. The van der Waals surface area contributed by atoms with Gasteiger partial charge in [0.05, 0.1) is 18.2 Å². The van der Waals surface area contributed by atoms with Crippen molar-refractivity contribution in [1.29, 1.82) is 0 Å². The van der Waals surface area contributed by atoms with E-state index < -0.39 is 5.91 Å². The molecule has 0 radical (unpaired) electrons. The molecule has 1 heterocycles. The number of nitrogen functional groups attached to an aromatic ring is 1. The standard InChI is InChI=1S/C11H16ClN5O3/c1-20-5-4-14-9(18)6-15-11(19)10-7(12)2-3-8(16-10)17-13/h2-3H,4-6,13H2,1H3,(H,14,18)(H,15,19)(H,16,17). The quantitative estimate of drug-likeness (QED) is 0.307. The molecule has 0 aliphatic rings. The molecule has 0 aromatic carbocycles. The van der Waals surface area contributed by atoms with Crippen molar-refractivity contribution < 1.29 is 14.3 Å². The van der Waals surface area contributed by atoms with Crippen LogP contribution in [0.2, 0.25) is 5.02 Å². The molecule has 0 aliphatic carbocycles. The number of methoxy groups -OCH3 is 1. The maximum Gasteiger partial charge on any atom is 0.271 e. The van der Waals surface area contributed by atoms with Crippen molar-refractivity contribution in [2.24, 2.45) is 5.84 Å². The van der Waals surface area contributed by atoms with Gasteiger partial charge >= 0.3 is 0 Å². The second kappa shape index (κ2) is 8.31. The van der Waals surface area contributed by atoms with Crippen molar-refractivity contribution in [3.63, 3.8) is 0 Å². The van der Waals surface area contributed by atoms with Crippen LogP contribution in [0, 0.1) is 0 Å². The van der Waals surface area contributed by atoms with Crippen LogP contribution in [0.3, 0.4) is 0 Å². The van der Waals surface area contributed by atoms with E-state index in [9.17, 15) is 9.59 Å². The van der Waals surface area contributed by atoms with Crippen molar-refractivity contribution in [2.45, 2.75) is 0 Å². The Kier molecular flexibility index (Phi) is 6.71. The molecule has 0 saturated carbocycles. The number of nitrogens with one attached hydrogen (secondary N) is 3. The van der Waals surface area contributed by atoms with Gasteiger partial charge in [0.15, 0.2) is 0 Å². The number of nitrogens with zero attached hydrogens (tertiary/aromatic N) is 1. The first-order chi connectivity index (χ1) is 9.58. The van der Waals surface area contributed by atoms with Crippen molar-refractivity contribution in [3.05, 3.63) is 22.8 Å². The third-order valence-corrected chi connectivity index (χ3v) is 2.55. The number of carbonyl (C=O) groups excluding carboxylic acids is 2. The van der Waals surface area contributed by atoms with Crippen LogP contribution < -0.4 is 21.9 Å². The van der Waals surface area contributed by atoms with E-state index in [0.29, 0.717) is 19.0 Å². The number of pyridine rings is 1. The highest BCUT2D eigenvalue weighted by Crippen LogP contribution is 2.15. The van der Waals surface area contributed by atoms with E-state index in [1.807, 2.05) is 0 Å². The van der Waals surface area contributed by atoms with E-state index in [1.165, 1.54) is 19.2 Å². The lowest BCUT2D eigenvalue weighted by atomic mass is 10.3. The average molecular weight is 302 g/mol. The predicted octanol–water partition coefficient (Wildman–Crippen LogP) is -0.487. The summed E-state index contributed by atoms with van der Waals surface area (Å²) in [5.41, 5.74) is 2.30. The predicted molar refractivity (Wildman–Crippen MR) is 74.3 cm³/mol. The smallest absolute Gasteiger partial charge is 0.271 e. The number of aromatic nitrogens is 1. The van der Waals surface area contributed by atoms with Crippen molar-refractivity contribution in [2.75, 3.05) is 32.2 Å². The first kappa shape index (κ1) is 16.2. The summed E-state index contributed by atoms with van der Waals surface area (Å²) in [4.78, 5) is 27.1. The van der Waals surface area contributed by atoms with Crippen molar-refractivity contribution in [1.82, 2.24) is 15.6 Å². The van der Waals surface area contributed by atoms with Crippen LogP contribution in [0.1, 0.15) is 10.5 Å². The lowest BCUT2D eigenvalue weighted by Gasteiger charge is -2.08. The fraction of sp³-hybridized carbons (Fsp3) is 0.364. The Morgan fingerprint density at radius 1 is 1.40 bits per heavy atom. The van der Waals surface area contributed by atoms with E-state index in [0.717, 1.165) is 0 Å². The van der Waals surface area contributed by atoms with E-state index in [1.54, 1.807) is 0 Å². The van der Waals surface area contributed by atoms with E-state index in [-0.39, 0.29) is 23.2 Å². The van der Waals surface area contributed by atoms with Gasteiger partial charge in [0, 0.05) is 13.7 Å².